The Balaban J connectivity index is 3.14. The van der Waals surface area contributed by atoms with Crippen molar-refractivity contribution in [2.75, 3.05) is 6.61 Å². The molecule has 0 saturated heterocycles. The first-order valence-electron chi connectivity index (χ1n) is 2.55. The van der Waals surface area contributed by atoms with Crippen molar-refractivity contribution in [2.45, 2.75) is 19.9 Å². The molecule has 0 rings (SSSR count). The highest BCUT2D eigenvalue weighted by Crippen LogP contribution is 1.95. The lowest BCUT2D eigenvalue weighted by Gasteiger charge is -2.09. The zero-order chi connectivity index (χ0) is 5.86. The lowest BCUT2D eigenvalue weighted by molar-refractivity contribution is 0.221. The maximum Gasteiger partial charge on any atom is 0.0471 e. The van der Waals surface area contributed by atoms with Gasteiger partial charge in [0.1, 0.15) is 0 Å². The van der Waals surface area contributed by atoms with Gasteiger partial charge in [-0.25, -0.2) is 0 Å². The molecule has 0 fully saturated rings. The Morgan fingerprint density at radius 2 is 2.00 bits per heavy atom. The van der Waals surface area contributed by atoms with Crippen LogP contribution in [0.15, 0.2) is 0 Å². The smallest absolute Gasteiger partial charge is 0.0471 e. The summed E-state index contributed by atoms with van der Waals surface area (Å²) in [6, 6.07) is 0.116. The van der Waals surface area contributed by atoms with Crippen LogP contribution in [-0.2, 0) is 0 Å². The van der Waals surface area contributed by atoms with E-state index in [2.05, 4.69) is 0 Å². The fourth-order valence-electron chi connectivity index (χ4n) is 0.166. The number of hydrogen-bond donors (Lipinski definition) is 2. The molecule has 0 aromatic rings. The summed E-state index contributed by atoms with van der Waals surface area (Å²) in [6.45, 7) is 4.00. The maximum absolute atomic E-state index is 8.43. The molecule has 0 aliphatic carbocycles. The van der Waals surface area contributed by atoms with Crippen molar-refractivity contribution in [1.29, 1.82) is 0 Å². The lowest BCUT2D eigenvalue weighted by Crippen LogP contribution is -2.26. The summed E-state index contributed by atoms with van der Waals surface area (Å²) in [6.07, 6.45) is 0. The molecule has 3 N–H and O–H groups in total. The van der Waals surface area contributed by atoms with Crippen molar-refractivity contribution in [2.24, 2.45) is 11.7 Å². The Bertz CT molecular complexity index is 45.3. The van der Waals surface area contributed by atoms with Gasteiger partial charge < -0.3 is 10.8 Å². The molecule has 0 bridgehead atoms. The van der Waals surface area contributed by atoms with Gasteiger partial charge in [0.05, 0.1) is 0 Å². The first-order chi connectivity index (χ1) is 3.18. The SMILES string of the molecule is C[C@H](N)[C@H](C)CO. The highest BCUT2D eigenvalue weighted by molar-refractivity contribution is 4.60. The second-order valence-corrected chi connectivity index (χ2v) is 2.02. The van der Waals surface area contributed by atoms with Crippen molar-refractivity contribution < 1.29 is 5.11 Å². The molecule has 0 radical (unpaired) electrons. The molecular weight excluding hydrogens is 90.1 g/mol. The van der Waals surface area contributed by atoms with Gasteiger partial charge in [-0.05, 0) is 12.8 Å². The quantitative estimate of drug-likeness (QED) is 0.515. The number of rotatable bonds is 2. The van der Waals surface area contributed by atoms with E-state index in [-0.39, 0.29) is 18.6 Å². The van der Waals surface area contributed by atoms with Gasteiger partial charge in [0.2, 0.25) is 0 Å². The molecule has 0 saturated carbocycles. The number of aliphatic hydroxyl groups is 1. The molecule has 0 aromatic heterocycles. The molecule has 0 aliphatic heterocycles. The number of aliphatic hydroxyl groups excluding tert-OH is 1. The summed E-state index contributed by atoms with van der Waals surface area (Å²) in [5.74, 6) is 0.236. The van der Waals surface area contributed by atoms with Crippen LogP contribution in [0.3, 0.4) is 0 Å². The Labute approximate surface area is 44.3 Å². The van der Waals surface area contributed by atoms with Gasteiger partial charge in [0.15, 0.2) is 0 Å². The van der Waals surface area contributed by atoms with Crippen LogP contribution < -0.4 is 5.73 Å². The number of hydrogen-bond acceptors (Lipinski definition) is 2. The standard InChI is InChI=1S/C5H13NO/c1-4(3-7)5(2)6/h4-5,7H,3,6H2,1-2H3/t4-,5+/m1/s1. The second-order valence-electron chi connectivity index (χ2n) is 2.02. The van der Waals surface area contributed by atoms with Gasteiger partial charge in [0, 0.05) is 12.6 Å². The van der Waals surface area contributed by atoms with Crippen LogP contribution in [0.1, 0.15) is 13.8 Å². The fourth-order valence-corrected chi connectivity index (χ4v) is 0.166. The minimum absolute atomic E-state index is 0.116. The summed E-state index contributed by atoms with van der Waals surface area (Å²) >= 11 is 0. The van der Waals surface area contributed by atoms with Gasteiger partial charge in [-0.15, -0.1) is 0 Å². The second kappa shape index (κ2) is 2.99. The zero-order valence-corrected chi connectivity index (χ0v) is 4.89. The van der Waals surface area contributed by atoms with Gasteiger partial charge in [0.25, 0.3) is 0 Å². The number of nitrogens with two attached hydrogens (primary N) is 1. The Kier molecular flexibility index (Phi) is 2.96. The van der Waals surface area contributed by atoms with E-state index < -0.39 is 0 Å². The monoisotopic (exact) mass is 103 g/mol. The van der Waals surface area contributed by atoms with E-state index in [0.29, 0.717) is 0 Å². The zero-order valence-electron chi connectivity index (χ0n) is 4.89. The molecular formula is C5H13NO. The normalized spacial score (nSPS) is 18.9. The summed E-state index contributed by atoms with van der Waals surface area (Å²) in [7, 11) is 0. The summed E-state index contributed by atoms with van der Waals surface area (Å²) in [4.78, 5) is 0. The van der Waals surface area contributed by atoms with Crippen LogP contribution >= 0.6 is 0 Å². The average molecular weight is 103 g/mol. The van der Waals surface area contributed by atoms with E-state index in [0.717, 1.165) is 0 Å². The first-order valence-corrected chi connectivity index (χ1v) is 2.55. The van der Waals surface area contributed by atoms with E-state index in [1.165, 1.54) is 0 Å². The van der Waals surface area contributed by atoms with Gasteiger partial charge in [-0.3, -0.25) is 0 Å². The van der Waals surface area contributed by atoms with Crippen LogP contribution in [0.4, 0.5) is 0 Å². The van der Waals surface area contributed by atoms with Crippen molar-refractivity contribution in [3.05, 3.63) is 0 Å². The lowest BCUT2D eigenvalue weighted by atomic mass is 10.1. The predicted molar refractivity (Wildman–Crippen MR) is 29.9 cm³/mol. The first kappa shape index (κ1) is 6.92. The largest absolute Gasteiger partial charge is 0.396 e. The topological polar surface area (TPSA) is 46.2 Å². The molecule has 0 amide bonds. The van der Waals surface area contributed by atoms with Gasteiger partial charge in [-0.2, -0.15) is 0 Å². The highest BCUT2D eigenvalue weighted by Gasteiger charge is 2.02. The minimum Gasteiger partial charge on any atom is -0.396 e. The van der Waals surface area contributed by atoms with E-state index in [9.17, 15) is 0 Å². The molecule has 2 heteroatoms. The minimum atomic E-state index is 0.116. The molecule has 44 valence electrons. The summed E-state index contributed by atoms with van der Waals surface area (Å²) in [5, 5.41) is 8.43. The molecule has 0 heterocycles. The van der Waals surface area contributed by atoms with Gasteiger partial charge >= 0.3 is 0 Å². The molecule has 0 spiro atoms. The summed E-state index contributed by atoms with van der Waals surface area (Å²) < 4.78 is 0. The van der Waals surface area contributed by atoms with Crippen molar-refractivity contribution in [3.63, 3.8) is 0 Å². The Morgan fingerprint density at radius 3 is 2.00 bits per heavy atom. The fraction of sp³-hybridized carbons (Fsp3) is 1.00. The Morgan fingerprint density at radius 1 is 1.57 bits per heavy atom. The maximum atomic E-state index is 8.43. The van der Waals surface area contributed by atoms with Crippen molar-refractivity contribution >= 4 is 0 Å². The Hall–Kier alpha value is -0.0800. The molecule has 7 heavy (non-hydrogen) atoms. The van der Waals surface area contributed by atoms with E-state index >= 15 is 0 Å². The van der Waals surface area contributed by atoms with Crippen LogP contribution in [0.5, 0.6) is 0 Å². The average Bonchev–Trinajstić information content (AvgIpc) is 1.65. The predicted octanol–water partition coefficient (Wildman–Crippen LogP) is -0.0380. The summed E-state index contributed by atoms with van der Waals surface area (Å²) in [5.41, 5.74) is 5.39. The molecule has 0 unspecified atom stereocenters. The molecule has 0 aromatic carbocycles. The van der Waals surface area contributed by atoms with Crippen LogP contribution in [0.2, 0.25) is 0 Å². The molecule has 2 nitrogen and oxygen atoms in total. The molecule has 2 atom stereocenters. The van der Waals surface area contributed by atoms with Crippen molar-refractivity contribution in [1.82, 2.24) is 0 Å². The van der Waals surface area contributed by atoms with E-state index in [1.54, 1.807) is 0 Å². The third kappa shape index (κ3) is 2.60. The third-order valence-corrected chi connectivity index (χ3v) is 1.19. The van der Waals surface area contributed by atoms with Crippen LogP contribution in [0.25, 0.3) is 0 Å². The van der Waals surface area contributed by atoms with E-state index in [4.69, 9.17) is 10.8 Å². The highest BCUT2D eigenvalue weighted by atomic mass is 16.3. The third-order valence-electron chi connectivity index (χ3n) is 1.19. The van der Waals surface area contributed by atoms with E-state index in [1.807, 2.05) is 13.8 Å². The van der Waals surface area contributed by atoms with Crippen molar-refractivity contribution in [3.8, 4) is 0 Å². The van der Waals surface area contributed by atoms with Gasteiger partial charge in [-0.1, -0.05) is 6.92 Å². The van der Waals surface area contributed by atoms with Crippen LogP contribution in [-0.4, -0.2) is 17.8 Å². The van der Waals surface area contributed by atoms with Crippen LogP contribution in [0, 0.1) is 5.92 Å². The molecule has 0 aliphatic rings.